The van der Waals surface area contributed by atoms with Gasteiger partial charge in [-0.3, -0.25) is 9.78 Å². The molecule has 1 saturated heterocycles. The SMILES string of the molecule is Cc1nnc(-c2c(CCc3ccc(F)cc3)nc3c(c2-c2cc4ccnc(N[C@@H]5CCc6cc(Cl)ccc65)c4s2)C(=O)N2CCC[C@@H]32)o1. The van der Waals surface area contributed by atoms with Crippen LogP contribution >= 0.6 is 22.9 Å². The summed E-state index contributed by atoms with van der Waals surface area (Å²) < 4.78 is 20.8. The van der Waals surface area contributed by atoms with Crippen molar-refractivity contribution in [3.05, 3.63) is 111 Å². The van der Waals surface area contributed by atoms with Crippen LogP contribution in [0, 0.1) is 12.7 Å². The minimum Gasteiger partial charge on any atom is -0.421 e. The van der Waals surface area contributed by atoms with Gasteiger partial charge in [0.2, 0.25) is 11.8 Å². The van der Waals surface area contributed by atoms with E-state index >= 15 is 0 Å². The van der Waals surface area contributed by atoms with Crippen molar-refractivity contribution in [1.29, 1.82) is 0 Å². The van der Waals surface area contributed by atoms with E-state index in [-0.39, 0.29) is 23.8 Å². The first kappa shape index (κ1) is 29.5. The summed E-state index contributed by atoms with van der Waals surface area (Å²) in [4.78, 5) is 27.1. The lowest BCUT2D eigenvalue weighted by Gasteiger charge is -2.16. The third-order valence-corrected chi connectivity index (χ3v) is 11.2. The first-order valence-corrected chi connectivity index (χ1v) is 17.5. The number of hydrogen-bond donors (Lipinski definition) is 1. The maximum Gasteiger partial charge on any atom is 0.257 e. The lowest BCUT2D eigenvalue weighted by atomic mass is 9.93. The average Bonchev–Trinajstić information content (AvgIpc) is 3.92. The van der Waals surface area contributed by atoms with E-state index in [4.69, 9.17) is 26.0 Å². The molecule has 0 spiro atoms. The molecule has 2 aliphatic heterocycles. The van der Waals surface area contributed by atoms with E-state index in [1.165, 1.54) is 23.3 Å². The number of nitrogens with zero attached hydrogens (tertiary/aromatic N) is 5. The second-order valence-corrected chi connectivity index (χ2v) is 14.2. The van der Waals surface area contributed by atoms with E-state index in [2.05, 4.69) is 33.7 Å². The fraction of sp³-hybridized carbons (Fsp3) is 0.270. The van der Waals surface area contributed by atoms with E-state index in [0.29, 0.717) is 42.3 Å². The Morgan fingerprint density at radius 1 is 1.04 bits per heavy atom. The number of aryl methyl sites for hydroxylation is 4. The molecule has 1 fully saturated rings. The first-order chi connectivity index (χ1) is 23.4. The van der Waals surface area contributed by atoms with Crippen molar-refractivity contribution in [3.8, 4) is 21.9 Å². The molecule has 1 N–H and O–H groups in total. The average molecular weight is 677 g/mol. The molecular formula is C37H30ClFN6O2S. The summed E-state index contributed by atoms with van der Waals surface area (Å²) in [6.07, 6.45) is 6.74. The van der Waals surface area contributed by atoms with Gasteiger partial charge in [0.05, 0.1) is 39.3 Å². The van der Waals surface area contributed by atoms with Crippen LogP contribution in [0.3, 0.4) is 0 Å². The molecule has 240 valence electrons. The fourth-order valence-corrected chi connectivity index (χ4v) is 8.97. The standard InChI is InChI=1S/C37H30ClFN6O2S/c1-19-43-44-36(47-19)30-27(12-6-20-4-9-24(39)10-5-20)41-33-28-3-2-16-45(28)37(46)32(33)31(30)29-18-22-14-15-40-35(34(22)48-29)42-26-13-7-21-17-23(38)8-11-25(21)26/h4-5,8-11,14-15,17-18,26,28H,2-3,6-7,12-13,16H2,1H3,(H,40,42)/t26-,28+/m1/s1. The van der Waals surface area contributed by atoms with Gasteiger partial charge in [-0.2, -0.15) is 0 Å². The van der Waals surface area contributed by atoms with Crippen LogP contribution in [0.15, 0.2) is 65.2 Å². The molecule has 6 aromatic rings. The molecule has 6 heterocycles. The molecule has 11 heteroatoms. The van der Waals surface area contributed by atoms with E-state index < -0.39 is 0 Å². The molecule has 0 bridgehead atoms. The summed E-state index contributed by atoms with van der Waals surface area (Å²) in [5, 5.41) is 14.1. The number of pyridine rings is 2. The van der Waals surface area contributed by atoms with Crippen molar-refractivity contribution >= 4 is 44.7 Å². The maximum atomic E-state index is 14.2. The third kappa shape index (κ3) is 4.88. The van der Waals surface area contributed by atoms with Gasteiger partial charge >= 0.3 is 0 Å². The molecule has 9 rings (SSSR count). The Kier molecular flexibility index (Phi) is 7.05. The number of hydrogen-bond acceptors (Lipinski definition) is 8. The normalized spacial score (nSPS) is 18.1. The van der Waals surface area contributed by atoms with Gasteiger partial charge in [-0.05, 0) is 97.0 Å². The summed E-state index contributed by atoms with van der Waals surface area (Å²) >= 11 is 7.89. The van der Waals surface area contributed by atoms with Crippen LogP contribution in [0.25, 0.3) is 32.0 Å². The minimum absolute atomic E-state index is 0.00674. The number of benzene rings is 2. The highest BCUT2D eigenvalue weighted by atomic mass is 35.5. The van der Waals surface area contributed by atoms with Gasteiger partial charge < -0.3 is 14.6 Å². The summed E-state index contributed by atoms with van der Waals surface area (Å²) in [5.74, 6) is 1.29. The largest absolute Gasteiger partial charge is 0.421 e. The smallest absolute Gasteiger partial charge is 0.257 e. The predicted molar refractivity (Wildman–Crippen MR) is 184 cm³/mol. The molecule has 0 radical (unpaired) electrons. The zero-order valence-electron chi connectivity index (χ0n) is 26.1. The Hall–Kier alpha value is -4.67. The van der Waals surface area contributed by atoms with Crippen molar-refractivity contribution in [2.24, 2.45) is 0 Å². The van der Waals surface area contributed by atoms with Gasteiger partial charge in [-0.15, -0.1) is 21.5 Å². The van der Waals surface area contributed by atoms with Gasteiger partial charge in [0.15, 0.2) is 0 Å². The van der Waals surface area contributed by atoms with Crippen LogP contribution in [0.1, 0.15) is 75.7 Å². The van der Waals surface area contributed by atoms with Gasteiger partial charge in [0.25, 0.3) is 5.91 Å². The van der Waals surface area contributed by atoms with E-state index in [0.717, 1.165) is 74.0 Å². The number of anilines is 1. The summed E-state index contributed by atoms with van der Waals surface area (Å²) in [6.45, 7) is 2.46. The van der Waals surface area contributed by atoms with Gasteiger partial charge in [0.1, 0.15) is 11.6 Å². The Bertz CT molecular complexity index is 2250. The second-order valence-electron chi connectivity index (χ2n) is 12.7. The molecule has 8 nitrogen and oxygen atoms in total. The predicted octanol–water partition coefficient (Wildman–Crippen LogP) is 8.68. The molecule has 4 aromatic heterocycles. The lowest BCUT2D eigenvalue weighted by molar-refractivity contribution is 0.0776. The van der Waals surface area contributed by atoms with Crippen molar-refractivity contribution in [2.45, 2.75) is 57.5 Å². The summed E-state index contributed by atoms with van der Waals surface area (Å²) in [7, 11) is 0. The number of aromatic nitrogens is 4. The third-order valence-electron chi connectivity index (χ3n) is 9.82. The zero-order valence-corrected chi connectivity index (χ0v) is 27.7. The number of rotatable bonds is 7. The molecule has 3 aliphatic rings. The van der Waals surface area contributed by atoms with Crippen molar-refractivity contribution in [1.82, 2.24) is 25.1 Å². The Labute approximate surface area is 285 Å². The highest BCUT2D eigenvalue weighted by Crippen LogP contribution is 2.50. The van der Waals surface area contributed by atoms with E-state index in [9.17, 15) is 9.18 Å². The number of fused-ring (bicyclic) bond motifs is 5. The molecule has 0 unspecified atom stereocenters. The van der Waals surface area contributed by atoms with Crippen LogP contribution < -0.4 is 5.32 Å². The minimum atomic E-state index is -0.270. The lowest BCUT2D eigenvalue weighted by Crippen LogP contribution is -2.22. The number of thiophene rings is 1. The summed E-state index contributed by atoms with van der Waals surface area (Å²) in [5.41, 5.74) is 7.18. The molecule has 2 atom stereocenters. The maximum absolute atomic E-state index is 14.2. The Balaban J connectivity index is 1.21. The number of amides is 1. The Morgan fingerprint density at radius 2 is 1.92 bits per heavy atom. The van der Waals surface area contributed by atoms with E-state index in [1.807, 2.05) is 23.2 Å². The van der Waals surface area contributed by atoms with Crippen LogP contribution in [-0.4, -0.2) is 37.5 Å². The molecule has 48 heavy (non-hydrogen) atoms. The highest BCUT2D eigenvalue weighted by molar-refractivity contribution is 7.23. The van der Waals surface area contributed by atoms with Gasteiger partial charge in [0, 0.05) is 35.1 Å². The number of halogens is 2. The van der Waals surface area contributed by atoms with Crippen LogP contribution in [0.4, 0.5) is 10.2 Å². The van der Waals surface area contributed by atoms with Gasteiger partial charge in [-0.25, -0.2) is 9.37 Å². The molecule has 0 saturated carbocycles. The zero-order chi connectivity index (χ0) is 32.5. The van der Waals surface area contributed by atoms with E-state index in [1.54, 1.807) is 30.4 Å². The van der Waals surface area contributed by atoms with Crippen LogP contribution in [0.5, 0.6) is 0 Å². The second kappa shape index (κ2) is 11.5. The van der Waals surface area contributed by atoms with Crippen LogP contribution in [0.2, 0.25) is 5.02 Å². The topological polar surface area (TPSA) is 97.0 Å². The van der Waals surface area contributed by atoms with Crippen molar-refractivity contribution < 1.29 is 13.6 Å². The molecule has 1 amide bonds. The van der Waals surface area contributed by atoms with Gasteiger partial charge in [-0.1, -0.05) is 29.8 Å². The van der Waals surface area contributed by atoms with Crippen molar-refractivity contribution in [3.63, 3.8) is 0 Å². The quantitative estimate of drug-likeness (QED) is 0.181. The van der Waals surface area contributed by atoms with Crippen molar-refractivity contribution in [2.75, 3.05) is 11.9 Å². The molecule has 1 aliphatic carbocycles. The number of carbonyl (C=O) groups is 1. The van der Waals surface area contributed by atoms with Crippen LogP contribution in [-0.2, 0) is 19.3 Å². The Morgan fingerprint density at radius 3 is 2.75 bits per heavy atom. The number of nitrogens with one attached hydrogen (secondary N) is 1. The molecular weight excluding hydrogens is 647 g/mol. The summed E-state index contributed by atoms with van der Waals surface area (Å²) in [6, 6.07) is 16.9. The monoisotopic (exact) mass is 676 g/mol. The first-order valence-electron chi connectivity index (χ1n) is 16.3. The highest BCUT2D eigenvalue weighted by Gasteiger charge is 2.45. The molecule has 2 aromatic carbocycles. The fourth-order valence-electron chi connectivity index (χ4n) is 7.61. The number of carbonyl (C=O) groups excluding carboxylic acids is 1.